The maximum Gasteiger partial charge on any atom is 0.306 e. The lowest BCUT2D eigenvalue weighted by atomic mass is 10.0. The van der Waals surface area contributed by atoms with Gasteiger partial charge in [0.1, 0.15) is 6.10 Å². The van der Waals surface area contributed by atoms with Crippen LogP contribution >= 0.6 is 0 Å². The van der Waals surface area contributed by atoms with Crippen LogP contribution in [0.4, 0.5) is 0 Å². The molecule has 0 spiro atoms. The molecule has 0 saturated heterocycles. The smallest absolute Gasteiger partial charge is 0.306 e. The number of rotatable bonds is 44. The third-order valence-corrected chi connectivity index (χ3v) is 11.2. The number of aliphatic hydroxyl groups is 2. The van der Waals surface area contributed by atoms with Crippen LogP contribution in [-0.4, -0.2) is 46.9 Å². The summed E-state index contributed by atoms with van der Waals surface area (Å²) in [4.78, 5) is 26.0. The first-order chi connectivity index (χ1) is 28.0. The molecule has 6 heteroatoms. The number of nitrogens with one attached hydrogen (secondary N) is 1. The van der Waals surface area contributed by atoms with Crippen LogP contribution in [0.2, 0.25) is 0 Å². The molecule has 0 aromatic heterocycles. The van der Waals surface area contributed by atoms with Gasteiger partial charge in [-0.2, -0.15) is 0 Å². The molecule has 0 radical (unpaired) electrons. The van der Waals surface area contributed by atoms with Gasteiger partial charge in [-0.1, -0.05) is 205 Å². The predicted molar refractivity (Wildman–Crippen MR) is 246 cm³/mol. The number of esters is 1. The normalized spacial score (nSPS) is 13.6. The van der Waals surface area contributed by atoms with Crippen LogP contribution in [0.3, 0.4) is 0 Å². The van der Waals surface area contributed by atoms with Gasteiger partial charge in [0, 0.05) is 6.42 Å². The van der Waals surface area contributed by atoms with Crippen molar-refractivity contribution in [1.29, 1.82) is 0 Å². The number of hydrogen-bond donors (Lipinski definition) is 3. The van der Waals surface area contributed by atoms with Gasteiger partial charge < -0.3 is 20.3 Å². The summed E-state index contributed by atoms with van der Waals surface area (Å²) < 4.78 is 5.89. The number of carbonyl (C=O) groups is 2. The van der Waals surface area contributed by atoms with E-state index in [0.717, 1.165) is 89.9 Å². The van der Waals surface area contributed by atoms with Crippen LogP contribution in [0.25, 0.3) is 0 Å². The van der Waals surface area contributed by atoms with Gasteiger partial charge in [0.05, 0.1) is 25.2 Å². The minimum Gasteiger partial charge on any atom is -0.462 e. The SMILES string of the molecule is CC/C=C/C/C=C/CCCCCCCCCC(=O)OC(CCCCC/C=C\CCCC)CC(=O)NC(CO)C(O)CCCCCCCCCCCCCCCCC. The molecule has 3 unspecified atom stereocenters. The molecule has 0 aromatic carbocycles. The van der Waals surface area contributed by atoms with Crippen molar-refractivity contribution in [1.82, 2.24) is 5.32 Å². The van der Waals surface area contributed by atoms with Gasteiger partial charge in [-0.3, -0.25) is 9.59 Å². The quantitative estimate of drug-likeness (QED) is 0.0324. The van der Waals surface area contributed by atoms with Gasteiger partial charge >= 0.3 is 5.97 Å². The number of ether oxygens (including phenoxy) is 1. The predicted octanol–water partition coefficient (Wildman–Crippen LogP) is 14.5. The van der Waals surface area contributed by atoms with Gasteiger partial charge in [0.2, 0.25) is 5.91 Å². The third kappa shape index (κ3) is 40.6. The van der Waals surface area contributed by atoms with E-state index >= 15 is 0 Å². The van der Waals surface area contributed by atoms with Crippen molar-refractivity contribution in [2.45, 2.75) is 270 Å². The van der Waals surface area contributed by atoms with Gasteiger partial charge in [-0.05, 0) is 70.6 Å². The summed E-state index contributed by atoms with van der Waals surface area (Å²) in [6, 6.07) is -0.704. The Morgan fingerprint density at radius 3 is 1.51 bits per heavy atom. The highest BCUT2D eigenvalue weighted by Gasteiger charge is 2.24. The molecular formula is C51H95NO5. The average molecular weight is 802 g/mol. The molecule has 0 aromatic rings. The fourth-order valence-electron chi connectivity index (χ4n) is 7.45. The summed E-state index contributed by atoms with van der Waals surface area (Å²) in [5.41, 5.74) is 0. The van der Waals surface area contributed by atoms with E-state index < -0.39 is 18.2 Å². The van der Waals surface area contributed by atoms with Crippen LogP contribution in [0.5, 0.6) is 0 Å². The molecule has 0 rings (SSSR count). The average Bonchev–Trinajstić information content (AvgIpc) is 3.20. The van der Waals surface area contributed by atoms with E-state index in [1.165, 1.54) is 116 Å². The minimum absolute atomic E-state index is 0.0649. The van der Waals surface area contributed by atoms with Crippen molar-refractivity contribution in [3.63, 3.8) is 0 Å². The molecule has 0 aliphatic rings. The Balaban J connectivity index is 4.46. The number of aliphatic hydroxyl groups excluding tert-OH is 2. The Labute approximate surface area is 353 Å². The summed E-state index contributed by atoms with van der Waals surface area (Å²) in [7, 11) is 0. The first kappa shape index (κ1) is 55.1. The van der Waals surface area contributed by atoms with Crippen molar-refractivity contribution in [3.8, 4) is 0 Å². The highest BCUT2D eigenvalue weighted by molar-refractivity contribution is 5.77. The molecule has 0 aliphatic heterocycles. The molecule has 3 atom stereocenters. The van der Waals surface area contributed by atoms with E-state index in [4.69, 9.17) is 4.74 Å². The second kappa shape index (κ2) is 45.2. The van der Waals surface area contributed by atoms with Gasteiger partial charge in [-0.25, -0.2) is 0 Å². The Kier molecular flexibility index (Phi) is 43.6. The summed E-state index contributed by atoms with van der Waals surface area (Å²) in [6.45, 7) is 6.33. The largest absolute Gasteiger partial charge is 0.462 e. The molecule has 3 N–H and O–H groups in total. The molecule has 334 valence electrons. The first-order valence-electron chi connectivity index (χ1n) is 24.7. The van der Waals surface area contributed by atoms with E-state index in [9.17, 15) is 19.8 Å². The molecule has 0 saturated carbocycles. The number of unbranched alkanes of at least 4 members (excludes halogenated alkanes) is 26. The van der Waals surface area contributed by atoms with Gasteiger partial charge in [-0.15, -0.1) is 0 Å². The molecule has 0 fully saturated rings. The Morgan fingerprint density at radius 2 is 0.965 bits per heavy atom. The maximum absolute atomic E-state index is 13.1. The second-order valence-electron chi connectivity index (χ2n) is 16.8. The minimum atomic E-state index is -0.790. The number of carbonyl (C=O) groups excluding carboxylic acids is 2. The van der Waals surface area contributed by atoms with Gasteiger partial charge in [0.25, 0.3) is 0 Å². The van der Waals surface area contributed by atoms with Crippen molar-refractivity contribution in [2.75, 3.05) is 6.61 Å². The summed E-state index contributed by atoms with van der Waals surface area (Å²) in [5, 5.41) is 23.7. The maximum atomic E-state index is 13.1. The number of hydrogen-bond acceptors (Lipinski definition) is 5. The van der Waals surface area contributed by atoms with Crippen molar-refractivity contribution < 1.29 is 24.5 Å². The lowest BCUT2D eigenvalue weighted by Crippen LogP contribution is -2.46. The van der Waals surface area contributed by atoms with Crippen LogP contribution in [0, 0.1) is 0 Å². The summed E-state index contributed by atoms with van der Waals surface area (Å²) in [6.07, 6.45) is 52.1. The molecule has 0 heterocycles. The molecule has 1 amide bonds. The lowest BCUT2D eigenvalue weighted by Gasteiger charge is -2.24. The zero-order chi connectivity index (χ0) is 41.7. The van der Waals surface area contributed by atoms with E-state index in [1.807, 2.05) is 0 Å². The summed E-state index contributed by atoms with van der Waals surface area (Å²) >= 11 is 0. The van der Waals surface area contributed by atoms with Crippen LogP contribution in [-0.2, 0) is 14.3 Å². The third-order valence-electron chi connectivity index (χ3n) is 11.2. The van der Waals surface area contributed by atoms with E-state index in [2.05, 4.69) is 62.5 Å². The fraction of sp³-hybridized carbons (Fsp3) is 0.843. The van der Waals surface area contributed by atoms with Crippen LogP contribution < -0.4 is 5.32 Å². The standard InChI is InChI=1S/C51H95NO5/c1-4-7-10-13-16-19-21-23-25-26-28-31-34-37-40-43-49(54)48(46-53)52-50(55)45-47(42-39-36-33-30-18-15-12-9-6-3)57-51(56)44-41-38-35-32-29-27-24-22-20-17-14-11-8-5-2/h8,11,15,17-18,20,47-49,53-54H,4-7,9-10,12-14,16,19,21-46H2,1-3H3,(H,52,55)/b11-8+,18-15-,20-17+. The van der Waals surface area contributed by atoms with Crippen molar-refractivity contribution >= 4 is 11.9 Å². The van der Waals surface area contributed by atoms with Gasteiger partial charge in [0.15, 0.2) is 0 Å². The zero-order valence-corrected chi connectivity index (χ0v) is 38.0. The topological polar surface area (TPSA) is 95.9 Å². The Hall–Kier alpha value is -1.92. The van der Waals surface area contributed by atoms with Crippen LogP contribution in [0.15, 0.2) is 36.5 Å². The lowest BCUT2D eigenvalue weighted by molar-refractivity contribution is -0.151. The van der Waals surface area contributed by atoms with E-state index in [0.29, 0.717) is 19.3 Å². The van der Waals surface area contributed by atoms with Crippen molar-refractivity contribution in [2.24, 2.45) is 0 Å². The molecule has 6 nitrogen and oxygen atoms in total. The Morgan fingerprint density at radius 1 is 0.526 bits per heavy atom. The van der Waals surface area contributed by atoms with Crippen LogP contribution in [0.1, 0.15) is 252 Å². The molecule has 57 heavy (non-hydrogen) atoms. The Bertz CT molecular complexity index is 946. The zero-order valence-electron chi connectivity index (χ0n) is 38.0. The van der Waals surface area contributed by atoms with E-state index in [1.54, 1.807) is 0 Å². The molecule has 0 aliphatic carbocycles. The van der Waals surface area contributed by atoms with E-state index in [-0.39, 0.29) is 24.9 Å². The first-order valence-corrected chi connectivity index (χ1v) is 24.7. The highest BCUT2D eigenvalue weighted by atomic mass is 16.5. The van der Waals surface area contributed by atoms with Crippen molar-refractivity contribution in [3.05, 3.63) is 36.5 Å². The highest BCUT2D eigenvalue weighted by Crippen LogP contribution is 2.18. The second-order valence-corrected chi connectivity index (χ2v) is 16.8. The monoisotopic (exact) mass is 802 g/mol. The summed E-state index contributed by atoms with van der Waals surface area (Å²) in [5.74, 6) is -0.496. The molecular weight excluding hydrogens is 707 g/mol. The molecule has 0 bridgehead atoms. The number of allylic oxidation sites excluding steroid dienone is 6. The fourth-order valence-corrected chi connectivity index (χ4v) is 7.45. The number of amides is 1.